The summed E-state index contributed by atoms with van der Waals surface area (Å²) in [6.45, 7) is -0.677. The maximum atomic E-state index is 12.0. The molecule has 20 nitrogen and oxygen atoms in total. The third-order valence-corrected chi connectivity index (χ3v) is 8.83. The molecule has 0 radical (unpaired) electrons. The average Bonchev–Trinajstić information content (AvgIpc) is 3.22. The molecular formula is C14H26N7O13P3. The van der Waals surface area contributed by atoms with Crippen molar-refractivity contribution in [2.45, 2.75) is 43.4 Å². The van der Waals surface area contributed by atoms with Gasteiger partial charge in [-0.2, -0.15) is 8.62 Å². The van der Waals surface area contributed by atoms with Crippen molar-refractivity contribution in [2.75, 3.05) is 18.9 Å². The van der Waals surface area contributed by atoms with Crippen molar-refractivity contribution < 1.29 is 61.4 Å². The van der Waals surface area contributed by atoms with Crippen LogP contribution in [0, 0.1) is 0 Å². The van der Waals surface area contributed by atoms with Crippen molar-refractivity contribution in [1.29, 1.82) is 0 Å². The Morgan fingerprint density at radius 3 is 2.38 bits per heavy atom. The van der Waals surface area contributed by atoms with E-state index in [1.807, 2.05) is 0 Å². The van der Waals surface area contributed by atoms with E-state index in [4.69, 9.17) is 31.7 Å². The van der Waals surface area contributed by atoms with Gasteiger partial charge in [-0.25, -0.2) is 28.6 Å². The van der Waals surface area contributed by atoms with E-state index in [2.05, 4.69) is 28.1 Å². The summed E-state index contributed by atoms with van der Waals surface area (Å²) >= 11 is 0. The van der Waals surface area contributed by atoms with Crippen LogP contribution in [0.2, 0.25) is 0 Å². The molecule has 3 rings (SSSR count). The van der Waals surface area contributed by atoms with Crippen LogP contribution in [0.5, 0.6) is 0 Å². The predicted octanol–water partition coefficient (Wildman–Crippen LogP) is -2.28. The largest absolute Gasteiger partial charge is 0.490 e. The fourth-order valence-electron chi connectivity index (χ4n) is 3.54. The van der Waals surface area contributed by atoms with Crippen LogP contribution >= 0.6 is 23.5 Å². The van der Waals surface area contributed by atoms with Crippen molar-refractivity contribution in [3.05, 3.63) is 12.2 Å². The second-order valence-corrected chi connectivity index (χ2v) is 12.2. The zero-order chi connectivity index (χ0) is 27.8. The van der Waals surface area contributed by atoms with Crippen LogP contribution in [-0.4, -0.2) is 80.8 Å². The van der Waals surface area contributed by atoms with E-state index in [9.17, 15) is 33.7 Å². The van der Waals surface area contributed by atoms with Gasteiger partial charge in [0.2, 0.25) is 5.85 Å². The lowest BCUT2D eigenvalue weighted by molar-refractivity contribution is -0.142. The monoisotopic (exact) mass is 593 g/mol. The number of rotatable bonds is 12. The molecule has 1 fully saturated rings. The molecule has 210 valence electrons. The van der Waals surface area contributed by atoms with E-state index in [1.54, 1.807) is 0 Å². The SMILES string of the molecule is NCCCCc1nc2c(N)ncnc2n1[C@]1(N)O[C@H](COP(=O)(O)OP(=O)(O)OP(=O)(O)O)[C@@H](O)[C@H]1O. The van der Waals surface area contributed by atoms with E-state index in [0.717, 1.165) is 6.33 Å². The van der Waals surface area contributed by atoms with Gasteiger partial charge in [0, 0.05) is 6.42 Å². The van der Waals surface area contributed by atoms with E-state index in [0.29, 0.717) is 19.4 Å². The van der Waals surface area contributed by atoms with Crippen LogP contribution < -0.4 is 17.2 Å². The standard InChI is InChI=1S/C14H26N7O13P3/c15-4-2-1-3-8-20-9-12(16)18-6-19-13(9)21(8)14(17)11(23)10(22)7(32-14)5-31-36(27,28)34-37(29,30)33-35(24,25)26/h6-7,10-11,22-23H,1-5,15,17H2,(H,27,28)(H,29,30)(H2,16,18,19)(H2,24,25,26)/t7-,10-,11-,14+/m1/s1. The topological polar surface area (TPSA) is 331 Å². The van der Waals surface area contributed by atoms with Crippen LogP contribution in [0.25, 0.3) is 11.2 Å². The molecule has 6 atom stereocenters. The molecule has 2 aromatic rings. The predicted molar refractivity (Wildman–Crippen MR) is 121 cm³/mol. The first kappa shape index (κ1) is 30.1. The molecule has 0 amide bonds. The number of fused-ring (bicyclic) bond motifs is 1. The summed E-state index contributed by atoms with van der Waals surface area (Å²) in [5, 5.41) is 21.3. The lowest BCUT2D eigenvalue weighted by Gasteiger charge is -2.30. The number of nitrogens with zero attached hydrogens (tertiary/aromatic N) is 4. The molecule has 1 aliphatic heterocycles. The highest BCUT2D eigenvalue weighted by Gasteiger charge is 2.55. The van der Waals surface area contributed by atoms with Crippen molar-refractivity contribution in [3.8, 4) is 0 Å². The van der Waals surface area contributed by atoms with Crippen molar-refractivity contribution in [1.82, 2.24) is 19.5 Å². The van der Waals surface area contributed by atoms with Gasteiger partial charge in [0.1, 0.15) is 30.5 Å². The van der Waals surface area contributed by atoms with Crippen molar-refractivity contribution in [3.63, 3.8) is 0 Å². The molecule has 23 heteroatoms. The number of anilines is 1. The van der Waals surface area contributed by atoms with Gasteiger partial charge in [-0.15, -0.1) is 0 Å². The molecular weight excluding hydrogens is 567 g/mol. The van der Waals surface area contributed by atoms with Gasteiger partial charge in [-0.05, 0) is 19.4 Å². The minimum Gasteiger partial charge on any atom is -0.387 e. The van der Waals surface area contributed by atoms with Crippen LogP contribution in [0.3, 0.4) is 0 Å². The lowest BCUT2D eigenvalue weighted by Crippen LogP contribution is -2.53. The third-order valence-electron chi connectivity index (χ3n) is 5.03. The Labute approximate surface area is 207 Å². The summed E-state index contributed by atoms with van der Waals surface area (Å²) in [5.74, 6) is -2.04. The maximum Gasteiger partial charge on any atom is 0.490 e. The molecule has 0 saturated carbocycles. The number of hydrogen-bond donors (Lipinski definition) is 9. The summed E-state index contributed by atoms with van der Waals surface area (Å²) in [7, 11) is -16.9. The Kier molecular flexibility index (Phi) is 8.93. The number of hydrogen-bond acceptors (Lipinski definition) is 15. The Morgan fingerprint density at radius 2 is 1.76 bits per heavy atom. The number of aliphatic hydroxyl groups excluding tert-OH is 2. The van der Waals surface area contributed by atoms with E-state index in [-0.39, 0.29) is 29.2 Å². The van der Waals surface area contributed by atoms with Gasteiger partial charge in [-0.3, -0.25) is 14.8 Å². The summed E-state index contributed by atoms with van der Waals surface area (Å²) in [6, 6.07) is 0. The fourth-order valence-corrected chi connectivity index (χ4v) is 6.57. The number of phosphoric ester groups is 1. The van der Waals surface area contributed by atoms with Crippen LogP contribution in [0.4, 0.5) is 5.82 Å². The van der Waals surface area contributed by atoms with Crippen molar-refractivity contribution in [2.24, 2.45) is 11.5 Å². The first-order chi connectivity index (χ1) is 17.0. The van der Waals surface area contributed by atoms with Gasteiger partial charge in [-0.1, -0.05) is 0 Å². The lowest BCUT2D eigenvalue weighted by atomic mass is 10.1. The molecule has 0 aromatic carbocycles. The summed E-state index contributed by atoms with van der Waals surface area (Å²) in [4.78, 5) is 48.4. The van der Waals surface area contributed by atoms with Gasteiger partial charge >= 0.3 is 23.5 Å². The molecule has 1 saturated heterocycles. The number of aromatic nitrogens is 4. The summed E-state index contributed by atoms with van der Waals surface area (Å²) < 4.78 is 52.7. The van der Waals surface area contributed by atoms with Gasteiger partial charge < -0.3 is 46.0 Å². The molecule has 0 bridgehead atoms. The molecule has 2 unspecified atom stereocenters. The summed E-state index contributed by atoms with van der Waals surface area (Å²) in [5.41, 5.74) is 17.9. The normalized spacial score (nSPS) is 27.8. The third kappa shape index (κ3) is 6.96. The first-order valence-corrected chi connectivity index (χ1v) is 14.8. The quantitative estimate of drug-likeness (QED) is 0.0924. The Balaban J connectivity index is 1.85. The zero-order valence-corrected chi connectivity index (χ0v) is 21.4. The smallest absolute Gasteiger partial charge is 0.387 e. The zero-order valence-electron chi connectivity index (χ0n) is 18.7. The number of phosphoric acid groups is 3. The van der Waals surface area contributed by atoms with Crippen LogP contribution in [0.15, 0.2) is 6.33 Å². The minimum absolute atomic E-state index is 0.00957. The molecule has 3 heterocycles. The first-order valence-electron chi connectivity index (χ1n) is 10.3. The Bertz CT molecular complexity index is 1270. The van der Waals surface area contributed by atoms with Crippen LogP contribution in [-0.2, 0) is 43.8 Å². The summed E-state index contributed by atoms with van der Waals surface area (Å²) in [6.07, 6.45) is -2.88. The second-order valence-electron chi connectivity index (χ2n) is 7.77. The Hall–Kier alpha value is -1.44. The highest BCUT2D eigenvalue weighted by atomic mass is 31.3. The van der Waals surface area contributed by atoms with Crippen molar-refractivity contribution >= 4 is 40.4 Å². The second kappa shape index (κ2) is 11.0. The van der Waals surface area contributed by atoms with Gasteiger partial charge in [0.05, 0.1) is 6.61 Å². The number of unbranched alkanes of at least 4 members (excludes halogenated alkanes) is 1. The van der Waals surface area contributed by atoms with Crippen LogP contribution in [0.1, 0.15) is 18.7 Å². The number of nitrogen functional groups attached to an aromatic ring is 1. The maximum absolute atomic E-state index is 12.0. The molecule has 0 aliphatic carbocycles. The average molecular weight is 593 g/mol. The highest BCUT2D eigenvalue weighted by Crippen LogP contribution is 2.66. The number of nitrogens with two attached hydrogens (primary N) is 3. The molecule has 2 aromatic heterocycles. The highest BCUT2D eigenvalue weighted by molar-refractivity contribution is 7.66. The molecule has 0 spiro atoms. The number of aryl methyl sites for hydroxylation is 1. The van der Waals surface area contributed by atoms with Gasteiger partial charge in [0.15, 0.2) is 17.0 Å². The molecule has 12 N–H and O–H groups in total. The minimum atomic E-state index is -5.77. The van der Waals surface area contributed by atoms with E-state index in [1.165, 1.54) is 4.57 Å². The number of aliphatic hydroxyl groups is 2. The molecule has 1 aliphatic rings. The fraction of sp³-hybridized carbons (Fsp3) is 0.643. The van der Waals surface area contributed by atoms with E-state index >= 15 is 0 Å². The number of imidazole rings is 1. The number of ether oxygens (including phenoxy) is 1. The van der Waals surface area contributed by atoms with E-state index < -0.39 is 54.2 Å². The van der Waals surface area contributed by atoms with Gasteiger partial charge in [0.25, 0.3) is 0 Å². The molecule has 37 heavy (non-hydrogen) atoms. The Morgan fingerprint density at radius 1 is 1.08 bits per heavy atom.